The Morgan fingerprint density at radius 2 is 2.24 bits per heavy atom. The Labute approximate surface area is 121 Å². The molecule has 1 N–H and O–H groups in total. The number of rotatable bonds is 6. The fourth-order valence-corrected chi connectivity index (χ4v) is 1.92. The van der Waals surface area contributed by atoms with Gasteiger partial charge >= 0.3 is 11.5 Å². The highest BCUT2D eigenvalue weighted by Gasteiger charge is 2.08. The standard InChI is InChI=1S/C15H16N2O4/c1-2-7-17-8-6-16-14(15(17)20)21-12-5-3-4-11(9-12)10-13(18)19/h3-6,8-9H,2,7,10H2,1H3,(H,18,19). The van der Waals surface area contributed by atoms with Crippen molar-refractivity contribution >= 4 is 5.97 Å². The van der Waals surface area contributed by atoms with Gasteiger partial charge in [0, 0.05) is 18.9 Å². The zero-order valence-electron chi connectivity index (χ0n) is 11.7. The van der Waals surface area contributed by atoms with Crippen LogP contribution in [0.2, 0.25) is 0 Å². The van der Waals surface area contributed by atoms with Crippen LogP contribution in [0.4, 0.5) is 0 Å². The van der Waals surface area contributed by atoms with Crippen LogP contribution < -0.4 is 10.3 Å². The summed E-state index contributed by atoms with van der Waals surface area (Å²) in [6.07, 6.45) is 3.85. The Morgan fingerprint density at radius 3 is 2.95 bits per heavy atom. The van der Waals surface area contributed by atoms with Gasteiger partial charge in [0.25, 0.3) is 5.88 Å². The number of hydrogen-bond acceptors (Lipinski definition) is 4. The lowest BCUT2D eigenvalue weighted by molar-refractivity contribution is -0.136. The summed E-state index contributed by atoms with van der Waals surface area (Å²) < 4.78 is 7.01. The summed E-state index contributed by atoms with van der Waals surface area (Å²) in [6, 6.07) is 6.62. The van der Waals surface area contributed by atoms with Crippen LogP contribution in [-0.4, -0.2) is 20.6 Å². The summed E-state index contributed by atoms with van der Waals surface area (Å²) in [7, 11) is 0. The fourth-order valence-electron chi connectivity index (χ4n) is 1.92. The summed E-state index contributed by atoms with van der Waals surface area (Å²) in [5, 5.41) is 8.78. The first-order chi connectivity index (χ1) is 10.1. The number of aliphatic carboxylic acids is 1. The molecule has 2 aromatic rings. The van der Waals surface area contributed by atoms with Crippen molar-refractivity contribution in [3.05, 3.63) is 52.6 Å². The third kappa shape index (κ3) is 3.92. The Kier molecular flexibility index (Phi) is 4.71. The number of carbonyl (C=O) groups is 1. The summed E-state index contributed by atoms with van der Waals surface area (Å²) in [6.45, 7) is 2.57. The van der Waals surface area contributed by atoms with Gasteiger partial charge in [-0.3, -0.25) is 9.59 Å². The van der Waals surface area contributed by atoms with E-state index in [4.69, 9.17) is 9.84 Å². The minimum atomic E-state index is -0.921. The molecule has 1 heterocycles. The smallest absolute Gasteiger partial charge is 0.313 e. The lowest BCUT2D eigenvalue weighted by atomic mass is 10.1. The molecule has 0 fully saturated rings. The number of hydrogen-bond donors (Lipinski definition) is 1. The van der Waals surface area contributed by atoms with Crippen LogP contribution in [0, 0.1) is 0 Å². The Bertz CT molecular complexity index is 694. The van der Waals surface area contributed by atoms with Gasteiger partial charge < -0.3 is 14.4 Å². The van der Waals surface area contributed by atoms with Crippen molar-refractivity contribution in [1.29, 1.82) is 0 Å². The molecule has 1 aromatic carbocycles. The van der Waals surface area contributed by atoms with Gasteiger partial charge in [-0.2, -0.15) is 0 Å². The van der Waals surface area contributed by atoms with Crippen molar-refractivity contribution in [1.82, 2.24) is 9.55 Å². The molecular weight excluding hydrogens is 272 g/mol. The molecule has 110 valence electrons. The lowest BCUT2D eigenvalue weighted by Gasteiger charge is -2.08. The van der Waals surface area contributed by atoms with Crippen molar-refractivity contribution in [2.45, 2.75) is 26.3 Å². The minimum absolute atomic E-state index is 0.0153. The topological polar surface area (TPSA) is 81.4 Å². The third-order valence-corrected chi connectivity index (χ3v) is 2.82. The van der Waals surface area contributed by atoms with Crippen molar-refractivity contribution < 1.29 is 14.6 Å². The normalized spacial score (nSPS) is 10.3. The van der Waals surface area contributed by atoms with Crippen molar-refractivity contribution in [3.8, 4) is 11.6 Å². The van der Waals surface area contributed by atoms with Gasteiger partial charge in [0.1, 0.15) is 5.75 Å². The molecule has 0 saturated heterocycles. The molecule has 0 atom stereocenters. The van der Waals surface area contributed by atoms with Gasteiger partial charge in [-0.15, -0.1) is 0 Å². The number of carboxylic acids is 1. The van der Waals surface area contributed by atoms with Gasteiger partial charge in [-0.05, 0) is 24.1 Å². The zero-order chi connectivity index (χ0) is 15.2. The first-order valence-corrected chi connectivity index (χ1v) is 6.64. The summed E-state index contributed by atoms with van der Waals surface area (Å²) in [5.74, 6) is -0.540. The van der Waals surface area contributed by atoms with Crippen molar-refractivity contribution in [2.75, 3.05) is 0 Å². The van der Waals surface area contributed by atoms with E-state index in [1.54, 1.807) is 30.5 Å². The van der Waals surface area contributed by atoms with Crippen LogP contribution in [0.3, 0.4) is 0 Å². The van der Waals surface area contributed by atoms with Gasteiger partial charge in [-0.1, -0.05) is 19.1 Å². The number of carboxylic acid groups (broad SMARTS) is 1. The lowest BCUT2D eigenvalue weighted by Crippen LogP contribution is -2.21. The monoisotopic (exact) mass is 288 g/mol. The van der Waals surface area contributed by atoms with Crippen LogP contribution in [-0.2, 0) is 17.8 Å². The number of benzene rings is 1. The number of ether oxygens (including phenoxy) is 1. The quantitative estimate of drug-likeness (QED) is 0.880. The molecular formula is C15H16N2O4. The molecule has 2 rings (SSSR count). The summed E-state index contributed by atoms with van der Waals surface area (Å²) >= 11 is 0. The Balaban J connectivity index is 2.24. The van der Waals surface area contributed by atoms with E-state index in [9.17, 15) is 9.59 Å². The molecule has 6 heteroatoms. The first-order valence-electron chi connectivity index (χ1n) is 6.64. The van der Waals surface area contributed by atoms with Gasteiger partial charge in [0.05, 0.1) is 6.42 Å². The van der Waals surface area contributed by atoms with E-state index in [-0.39, 0.29) is 17.9 Å². The SMILES string of the molecule is CCCn1ccnc(Oc2cccc(CC(=O)O)c2)c1=O. The van der Waals surface area contributed by atoms with E-state index in [0.29, 0.717) is 17.9 Å². The second-order valence-electron chi connectivity index (χ2n) is 4.55. The average molecular weight is 288 g/mol. The maximum atomic E-state index is 12.1. The maximum absolute atomic E-state index is 12.1. The highest BCUT2D eigenvalue weighted by atomic mass is 16.5. The molecule has 0 aliphatic carbocycles. The minimum Gasteiger partial charge on any atom is -0.481 e. The van der Waals surface area contributed by atoms with E-state index in [2.05, 4.69) is 4.98 Å². The first kappa shape index (κ1) is 14.8. The maximum Gasteiger partial charge on any atom is 0.313 e. The number of aryl methyl sites for hydroxylation is 1. The molecule has 0 amide bonds. The molecule has 0 spiro atoms. The summed E-state index contributed by atoms with van der Waals surface area (Å²) in [5.41, 5.74) is 0.299. The Morgan fingerprint density at radius 1 is 1.43 bits per heavy atom. The fraction of sp³-hybridized carbons (Fsp3) is 0.267. The second-order valence-corrected chi connectivity index (χ2v) is 4.55. The van der Waals surface area contributed by atoms with Gasteiger partial charge in [0.2, 0.25) is 0 Å². The van der Waals surface area contributed by atoms with E-state index in [0.717, 1.165) is 6.42 Å². The third-order valence-electron chi connectivity index (χ3n) is 2.82. The van der Waals surface area contributed by atoms with E-state index >= 15 is 0 Å². The van der Waals surface area contributed by atoms with E-state index in [1.807, 2.05) is 6.92 Å². The molecule has 0 bridgehead atoms. The average Bonchev–Trinajstić information content (AvgIpc) is 2.43. The highest BCUT2D eigenvalue weighted by molar-refractivity contribution is 5.70. The predicted molar refractivity (Wildman–Crippen MR) is 76.6 cm³/mol. The summed E-state index contributed by atoms with van der Waals surface area (Å²) in [4.78, 5) is 26.7. The molecule has 0 radical (unpaired) electrons. The molecule has 21 heavy (non-hydrogen) atoms. The highest BCUT2D eigenvalue weighted by Crippen LogP contribution is 2.18. The predicted octanol–water partition coefficient (Wildman–Crippen LogP) is 2.07. The van der Waals surface area contributed by atoms with Gasteiger partial charge in [-0.25, -0.2) is 4.98 Å². The zero-order valence-corrected chi connectivity index (χ0v) is 11.7. The molecule has 0 aliphatic rings. The van der Waals surface area contributed by atoms with Crippen LogP contribution in [0.5, 0.6) is 11.6 Å². The van der Waals surface area contributed by atoms with Crippen LogP contribution in [0.1, 0.15) is 18.9 Å². The van der Waals surface area contributed by atoms with Crippen molar-refractivity contribution in [2.24, 2.45) is 0 Å². The Hall–Kier alpha value is -2.63. The number of aromatic nitrogens is 2. The van der Waals surface area contributed by atoms with E-state index < -0.39 is 5.97 Å². The van der Waals surface area contributed by atoms with Crippen LogP contribution in [0.25, 0.3) is 0 Å². The largest absolute Gasteiger partial charge is 0.481 e. The molecule has 1 aromatic heterocycles. The molecule has 6 nitrogen and oxygen atoms in total. The van der Waals surface area contributed by atoms with Crippen molar-refractivity contribution in [3.63, 3.8) is 0 Å². The second kappa shape index (κ2) is 6.69. The molecule has 0 unspecified atom stereocenters. The van der Waals surface area contributed by atoms with Gasteiger partial charge in [0.15, 0.2) is 0 Å². The van der Waals surface area contributed by atoms with Crippen LogP contribution in [0.15, 0.2) is 41.5 Å². The molecule has 0 aliphatic heterocycles. The number of nitrogens with zero attached hydrogens (tertiary/aromatic N) is 2. The molecule has 0 saturated carbocycles. The van der Waals surface area contributed by atoms with E-state index in [1.165, 1.54) is 10.8 Å². The van der Waals surface area contributed by atoms with Crippen LogP contribution >= 0.6 is 0 Å².